The number of rotatable bonds is 4. The SMILES string of the molecule is COc1cc(C(=O)N[C@@H]2CCC[C@H](c3nc4ccccc4[nH]3)C2)cc2c1OCO2.O=C(O)C(F)(F)F. The number of halogens is 3. The first-order valence-electron chi connectivity index (χ1n) is 11.2. The molecule has 1 aromatic heterocycles. The van der Waals surface area contributed by atoms with Gasteiger partial charge in [-0.25, -0.2) is 9.78 Å². The number of amides is 1. The lowest BCUT2D eigenvalue weighted by atomic mass is 9.85. The Morgan fingerprint density at radius 1 is 1.19 bits per heavy atom. The van der Waals surface area contributed by atoms with E-state index in [9.17, 15) is 18.0 Å². The minimum Gasteiger partial charge on any atom is -0.493 e. The Labute approximate surface area is 203 Å². The Balaban J connectivity index is 0.000000384. The zero-order valence-corrected chi connectivity index (χ0v) is 19.2. The van der Waals surface area contributed by atoms with Crippen LogP contribution in [0.25, 0.3) is 11.0 Å². The minimum absolute atomic E-state index is 0.103. The number of carboxylic acids is 1. The van der Waals surface area contributed by atoms with Crippen LogP contribution in [-0.4, -0.2) is 53.1 Å². The Hall–Kier alpha value is -3.96. The lowest BCUT2D eigenvalue weighted by Crippen LogP contribution is -2.38. The number of aliphatic carboxylic acids is 1. The van der Waals surface area contributed by atoms with E-state index in [0.29, 0.717) is 28.7 Å². The van der Waals surface area contributed by atoms with Gasteiger partial charge in [-0.1, -0.05) is 18.6 Å². The molecule has 9 nitrogen and oxygen atoms in total. The van der Waals surface area contributed by atoms with Gasteiger partial charge in [-0.15, -0.1) is 0 Å². The lowest BCUT2D eigenvalue weighted by Gasteiger charge is -2.28. The van der Waals surface area contributed by atoms with Crippen molar-refractivity contribution < 1.29 is 42.1 Å². The van der Waals surface area contributed by atoms with Crippen LogP contribution in [0.2, 0.25) is 0 Å². The predicted octanol–water partition coefficient (Wildman–Crippen LogP) is 4.39. The summed E-state index contributed by atoms with van der Waals surface area (Å²) >= 11 is 0. The van der Waals surface area contributed by atoms with Crippen molar-refractivity contribution in [2.75, 3.05) is 13.9 Å². The molecule has 2 atom stereocenters. The quantitative estimate of drug-likeness (QED) is 0.479. The molecule has 3 N–H and O–H groups in total. The Bertz CT molecular complexity index is 1230. The molecule has 2 aromatic carbocycles. The first kappa shape index (κ1) is 25.1. The number of alkyl halides is 3. The molecule has 0 unspecified atom stereocenters. The average molecular weight is 507 g/mol. The molecule has 1 amide bonds. The van der Waals surface area contributed by atoms with Gasteiger partial charge in [-0.2, -0.15) is 13.2 Å². The van der Waals surface area contributed by atoms with Crippen LogP contribution >= 0.6 is 0 Å². The number of nitrogens with one attached hydrogen (secondary N) is 2. The van der Waals surface area contributed by atoms with E-state index >= 15 is 0 Å². The van der Waals surface area contributed by atoms with Gasteiger partial charge in [0.2, 0.25) is 12.5 Å². The number of carboxylic acid groups (broad SMARTS) is 1. The van der Waals surface area contributed by atoms with Gasteiger partial charge < -0.3 is 29.6 Å². The number of hydrogen-bond acceptors (Lipinski definition) is 6. The van der Waals surface area contributed by atoms with Gasteiger partial charge in [-0.05, 0) is 43.5 Å². The Morgan fingerprint density at radius 3 is 2.64 bits per heavy atom. The van der Waals surface area contributed by atoms with Crippen molar-refractivity contribution in [1.82, 2.24) is 15.3 Å². The van der Waals surface area contributed by atoms with Crippen LogP contribution in [0.5, 0.6) is 17.2 Å². The van der Waals surface area contributed by atoms with Gasteiger partial charge in [0.05, 0.1) is 18.1 Å². The maximum atomic E-state index is 12.9. The van der Waals surface area contributed by atoms with Gasteiger partial charge in [0.1, 0.15) is 5.82 Å². The number of fused-ring (bicyclic) bond motifs is 2. The zero-order valence-electron chi connectivity index (χ0n) is 19.2. The number of carbonyl (C=O) groups excluding carboxylic acids is 1. The maximum Gasteiger partial charge on any atom is 0.490 e. The summed E-state index contributed by atoms with van der Waals surface area (Å²) in [6.07, 6.45) is -1.13. The summed E-state index contributed by atoms with van der Waals surface area (Å²) in [6, 6.07) is 11.6. The van der Waals surface area contributed by atoms with Crippen molar-refractivity contribution in [2.45, 2.75) is 43.8 Å². The highest BCUT2D eigenvalue weighted by Crippen LogP contribution is 2.42. The number of para-hydroxylation sites is 2. The highest BCUT2D eigenvalue weighted by molar-refractivity contribution is 5.96. The summed E-state index contributed by atoms with van der Waals surface area (Å²) in [7, 11) is 1.55. The number of imidazole rings is 1. The van der Waals surface area contributed by atoms with Crippen molar-refractivity contribution in [3.05, 3.63) is 47.8 Å². The number of nitrogens with zero attached hydrogens (tertiary/aromatic N) is 1. The molecule has 0 radical (unpaired) electrons. The molecular formula is C24H24F3N3O6. The number of benzene rings is 2. The smallest absolute Gasteiger partial charge is 0.490 e. The normalized spacial score (nSPS) is 18.8. The number of carbonyl (C=O) groups is 2. The molecule has 2 heterocycles. The second kappa shape index (κ2) is 10.3. The van der Waals surface area contributed by atoms with E-state index in [0.717, 1.165) is 42.5 Å². The number of methoxy groups -OCH3 is 1. The largest absolute Gasteiger partial charge is 0.493 e. The molecule has 192 valence electrons. The number of aromatic amines is 1. The topological polar surface area (TPSA) is 123 Å². The van der Waals surface area contributed by atoms with Gasteiger partial charge in [0.15, 0.2) is 11.5 Å². The summed E-state index contributed by atoms with van der Waals surface area (Å²) in [4.78, 5) is 30.0. The van der Waals surface area contributed by atoms with Crippen LogP contribution in [0.4, 0.5) is 13.2 Å². The summed E-state index contributed by atoms with van der Waals surface area (Å²) in [5.41, 5.74) is 2.55. The van der Waals surface area contributed by atoms with Crippen LogP contribution in [0.15, 0.2) is 36.4 Å². The number of H-pyrrole nitrogens is 1. The third-order valence-electron chi connectivity index (χ3n) is 5.97. The van der Waals surface area contributed by atoms with E-state index < -0.39 is 12.1 Å². The third-order valence-corrected chi connectivity index (χ3v) is 5.97. The number of aromatic nitrogens is 2. The molecule has 1 aliphatic carbocycles. The molecule has 0 saturated heterocycles. The second-order valence-electron chi connectivity index (χ2n) is 8.39. The van der Waals surface area contributed by atoms with Gasteiger partial charge in [-0.3, -0.25) is 4.79 Å². The van der Waals surface area contributed by atoms with E-state index in [2.05, 4.69) is 10.3 Å². The van der Waals surface area contributed by atoms with Crippen molar-refractivity contribution in [3.8, 4) is 17.2 Å². The molecule has 1 aliphatic heterocycles. The molecule has 0 bridgehead atoms. The molecule has 36 heavy (non-hydrogen) atoms. The van der Waals surface area contributed by atoms with Crippen LogP contribution in [0.3, 0.4) is 0 Å². The fourth-order valence-electron chi connectivity index (χ4n) is 4.26. The minimum atomic E-state index is -5.08. The number of ether oxygens (including phenoxy) is 3. The molecule has 2 aliphatic rings. The van der Waals surface area contributed by atoms with E-state index in [1.165, 1.54) is 0 Å². The summed E-state index contributed by atoms with van der Waals surface area (Å²) in [6.45, 7) is 0.137. The van der Waals surface area contributed by atoms with Crippen LogP contribution in [0, 0.1) is 0 Å². The van der Waals surface area contributed by atoms with Crippen molar-refractivity contribution >= 4 is 22.9 Å². The molecule has 3 aromatic rings. The summed E-state index contributed by atoms with van der Waals surface area (Å²) < 4.78 is 47.9. The predicted molar refractivity (Wildman–Crippen MR) is 121 cm³/mol. The van der Waals surface area contributed by atoms with E-state index in [4.69, 9.17) is 29.1 Å². The average Bonchev–Trinajstić information content (AvgIpc) is 3.50. The van der Waals surface area contributed by atoms with E-state index in [1.807, 2.05) is 24.3 Å². The van der Waals surface area contributed by atoms with Crippen molar-refractivity contribution in [3.63, 3.8) is 0 Å². The highest BCUT2D eigenvalue weighted by Gasteiger charge is 2.38. The Kier molecular flexibility index (Phi) is 7.22. The lowest BCUT2D eigenvalue weighted by molar-refractivity contribution is -0.192. The van der Waals surface area contributed by atoms with Crippen molar-refractivity contribution in [1.29, 1.82) is 0 Å². The highest BCUT2D eigenvalue weighted by atomic mass is 19.4. The molecule has 1 saturated carbocycles. The van der Waals surface area contributed by atoms with Gasteiger partial charge in [0.25, 0.3) is 5.91 Å². The number of hydrogen-bond donors (Lipinski definition) is 3. The van der Waals surface area contributed by atoms with Gasteiger partial charge >= 0.3 is 12.1 Å². The van der Waals surface area contributed by atoms with E-state index in [-0.39, 0.29) is 18.7 Å². The molecular weight excluding hydrogens is 483 g/mol. The van der Waals surface area contributed by atoms with Crippen LogP contribution in [-0.2, 0) is 4.79 Å². The third kappa shape index (κ3) is 5.64. The Morgan fingerprint density at radius 2 is 1.94 bits per heavy atom. The molecule has 5 rings (SSSR count). The first-order chi connectivity index (χ1) is 17.2. The zero-order chi connectivity index (χ0) is 25.9. The fourth-order valence-corrected chi connectivity index (χ4v) is 4.26. The van der Waals surface area contributed by atoms with Crippen LogP contribution in [0.1, 0.15) is 47.8 Å². The molecule has 1 fully saturated rings. The molecule has 12 heteroatoms. The monoisotopic (exact) mass is 507 g/mol. The van der Waals surface area contributed by atoms with Gasteiger partial charge in [0, 0.05) is 17.5 Å². The summed E-state index contributed by atoms with van der Waals surface area (Å²) in [5.74, 6) is 0.0332. The maximum absolute atomic E-state index is 12.9. The van der Waals surface area contributed by atoms with Crippen LogP contribution < -0.4 is 19.5 Å². The standard InChI is InChI=1S/C22H23N3O4.C2HF3O2/c1-27-18-10-14(11-19-20(18)29-12-28-19)22(26)23-15-6-4-5-13(9-15)21-24-16-7-2-3-8-17(16)25-21;3-2(4,5)1(6)7/h2-3,7-8,10-11,13,15H,4-6,9,12H2,1H3,(H,23,26)(H,24,25);(H,6,7)/t13-,15+;/m0./s1. The first-order valence-corrected chi connectivity index (χ1v) is 11.2. The van der Waals surface area contributed by atoms with Crippen molar-refractivity contribution in [2.24, 2.45) is 0 Å². The molecule has 0 spiro atoms. The fraction of sp³-hybridized carbons (Fsp3) is 0.375. The van der Waals surface area contributed by atoms with E-state index in [1.54, 1.807) is 19.2 Å². The summed E-state index contributed by atoms with van der Waals surface area (Å²) in [5, 5.41) is 10.3. The second-order valence-corrected chi connectivity index (χ2v) is 8.39.